The van der Waals surface area contributed by atoms with Crippen molar-refractivity contribution in [2.75, 3.05) is 0 Å². The lowest BCUT2D eigenvalue weighted by molar-refractivity contribution is -0.129. The van der Waals surface area contributed by atoms with Gasteiger partial charge in [0.1, 0.15) is 0 Å². The molecule has 0 bridgehead atoms. The second-order valence-electron chi connectivity index (χ2n) is 6.24. The predicted molar refractivity (Wildman–Crippen MR) is 106 cm³/mol. The third kappa shape index (κ3) is 4.63. The van der Waals surface area contributed by atoms with Gasteiger partial charge in [0.25, 0.3) is 5.91 Å². The smallest absolute Gasteiger partial charge is 0.255 e. The zero-order valence-electron chi connectivity index (χ0n) is 15.1. The minimum absolute atomic E-state index is 0.462. The summed E-state index contributed by atoms with van der Waals surface area (Å²) in [5.74, 6) is 5.27. The van der Waals surface area contributed by atoms with Crippen LogP contribution >= 0.6 is 0 Å². The molecular weight excluding hydrogens is 334 g/mol. The molecule has 1 unspecified atom stereocenters. The zero-order chi connectivity index (χ0) is 19.1. The number of rotatable bonds is 4. The van der Waals surface area contributed by atoms with Crippen LogP contribution in [0.2, 0.25) is 0 Å². The summed E-state index contributed by atoms with van der Waals surface area (Å²) in [6.07, 6.45) is 1.01. The molecule has 3 aromatic carbocycles. The first-order valence-electron chi connectivity index (χ1n) is 8.91. The van der Waals surface area contributed by atoms with Crippen molar-refractivity contribution < 1.29 is 10.0 Å². The Morgan fingerprint density at radius 1 is 0.852 bits per heavy atom. The van der Waals surface area contributed by atoms with Gasteiger partial charge in [-0.3, -0.25) is 10.0 Å². The van der Waals surface area contributed by atoms with Gasteiger partial charge in [-0.25, -0.2) is 5.48 Å². The summed E-state index contributed by atoms with van der Waals surface area (Å²) in [6, 6.07) is 25.1. The van der Waals surface area contributed by atoms with Gasteiger partial charge in [0.05, 0.1) is 5.92 Å². The Kier molecular flexibility index (Phi) is 6.04. The van der Waals surface area contributed by atoms with E-state index in [-0.39, 0.29) is 0 Å². The molecule has 0 aliphatic rings. The zero-order valence-corrected chi connectivity index (χ0v) is 15.1. The highest BCUT2D eigenvalue weighted by atomic mass is 16.5. The Morgan fingerprint density at radius 3 is 1.89 bits per heavy atom. The summed E-state index contributed by atoms with van der Waals surface area (Å²) in [5, 5.41) is 9.11. The maximum Gasteiger partial charge on any atom is 0.255 e. The first-order valence-corrected chi connectivity index (χ1v) is 8.91. The third-order valence-electron chi connectivity index (χ3n) is 4.46. The molecule has 2 N–H and O–H groups in total. The molecule has 0 fully saturated rings. The number of aryl methyl sites for hydroxylation is 1. The second-order valence-corrected chi connectivity index (χ2v) is 6.24. The van der Waals surface area contributed by atoms with E-state index in [9.17, 15) is 4.79 Å². The van der Waals surface area contributed by atoms with Gasteiger partial charge in [-0.05, 0) is 47.4 Å². The fraction of sp³-hybridized carbons (Fsp3) is 0.125. The third-order valence-corrected chi connectivity index (χ3v) is 4.46. The molecule has 0 aromatic heterocycles. The summed E-state index contributed by atoms with van der Waals surface area (Å²) in [4.78, 5) is 12.2. The Morgan fingerprint density at radius 2 is 1.37 bits per heavy atom. The number of nitrogens with one attached hydrogen (secondary N) is 1. The van der Waals surface area contributed by atoms with Crippen LogP contribution in [0.3, 0.4) is 0 Å². The minimum Gasteiger partial charge on any atom is -0.289 e. The highest BCUT2D eigenvalue weighted by Gasteiger charge is 2.22. The summed E-state index contributed by atoms with van der Waals surface area (Å²) in [6.45, 7) is 2.13. The molecule has 1 amide bonds. The van der Waals surface area contributed by atoms with Crippen LogP contribution in [0.5, 0.6) is 0 Å². The topological polar surface area (TPSA) is 49.3 Å². The number of hydroxylamine groups is 1. The van der Waals surface area contributed by atoms with Crippen LogP contribution in [0.1, 0.15) is 40.7 Å². The molecule has 0 saturated heterocycles. The monoisotopic (exact) mass is 355 g/mol. The molecule has 1 atom stereocenters. The van der Waals surface area contributed by atoms with Crippen molar-refractivity contribution in [3.63, 3.8) is 0 Å². The van der Waals surface area contributed by atoms with Crippen LogP contribution in [0.25, 0.3) is 0 Å². The lowest BCUT2D eigenvalue weighted by atomic mass is 9.90. The lowest BCUT2D eigenvalue weighted by Crippen LogP contribution is -2.27. The largest absolute Gasteiger partial charge is 0.289 e. The average molecular weight is 355 g/mol. The Labute approximate surface area is 159 Å². The van der Waals surface area contributed by atoms with Gasteiger partial charge in [-0.1, -0.05) is 73.4 Å². The number of benzene rings is 3. The van der Waals surface area contributed by atoms with Crippen molar-refractivity contribution in [2.45, 2.75) is 19.3 Å². The molecule has 134 valence electrons. The molecule has 3 nitrogen and oxygen atoms in total. The Balaban J connectivity index is 1.83. The van der Waals surface area contributed by atoms with Gasteiger partial charge in [-0.2, -0.15) is 0 Å². The Bertz CT molecular complexity index is 949. The van der Waals surface area contributed by atoms with Crippen LogP contribution in [0.15, 0.2) is 78.9 Å². The van der Waals surface area contributed by atoms with Crippen LogP contribution in [-0.4, -0.2) is 11.1 Å². The van der Waals surface area contributed by atoms with E-state index in [0.29, 0.717) is 0 Å². The van der Waals surface area contributed by atoms with E-state index in [2.05, 4.69) is 30.9 Å². The molecule has 0 saturated carbocycles. The molecule has 0 aliphatic carbocycles. The van der Waals surface area contributed by atoms with Crippen molar-refractivity contribution >= 4 is 5.91 Å². The molecule has 0 heterocycles. The van der Waals surface area contributed by atoms with Gasteiger partial charge in [0, 0.05) is 11.1 Å². The molecule has 3 rings (SSSR count). The van der Waals surface area contributed by atoms with Crippen molar-refractivity contribution in [1.29, 1.82) is 0 Å². The molecule has 0 aliphatic heterocycles. The number of hydrogen-bond acceptors (Lipinski definition) is 2. The summed E-state index contributed by atoms with van der Waals surface area (Å²) >= 11 is 0. The van der Waals surface area contributed by atoms with Gasteiger partial charge in [0.2, 0.25) is 0 Å². The normalized spacial score (nSPS) is 11.2. The van der Waals surface area contributed by atoms with Gasteiger partial charge < -0.3 is 0 Å². The van der Waals surface area contributed by atoms with E-state index in [1.807, 2.05) is 66.7 Å². The van der Waals surface area contributed by atoms with E-state index in [1.54, 1.807) is 5.48 Å². The van der Waals surface area contributed by atoms with Crippen LogP contribution in [-0.2, 0) is 11.2 Å². The van der Waals surface area contributed by atoms with Crippen LogP contribution < -0.4 is 5.48 Å². The molecular formula is C24H21NO2. The van der Waals surface area contributed by atoms with E-state index >= 15 is 0 Å². The van der Waals surface area contributed by atoms with Gasteiger partial charge >= 0.3 is 0 Å². The standard InChI is InChI=1S/C24H21NO2/c1-2-18-8-10-19(11-9-18)12-13-20-14-16-22(17-15-20)23(24(26)25-27)21-6-4-3-5-7-21/h3-11,14-17,23,27H,2H2,1H3,(H,25,26). The number of carbonyl (C=O) groups is 1. The minimum atomic E-state index is -0.570. The maximum atomic E-state index is 12.2. The summed E-state index contributed by atoms with van der Waals surface area (Å²) < 4.78 is 0. The average Bonchev–Trinajstić information content (AvgIpc) is 2.74. The van der Waals surface area contributed by atoms with E-state index < -0.39 is 11.8 Å². The Hall–Kier alpha value is -3.35. The molecule has 0 radical (unpaired) electrons. The van der Waals surface area contributed by atoms with Crippen molar-refractivity contribution in [1.82, 2.24) is 5.48 Å². The SMILES string of the molecule is CCc1ccc(C#Cc2ccc(C(C(=O)NO)c3ccccc3)cc2)cc1. The second kappa shape index (κ2) is 8.84. The lowest BCUT2D eigenvalue weighted by Gasteiger charge is -2.15. The van der Waals surface area contributed by atoms with E-state index in [0.717, 1.165) is 28.7 Å². The quantitative estimate of drug-likeness (QED) is 0.417. The highest BCUT2D eigenvalue weighted by molar-refractivity contribution is 5.86. The van der Waals surface area contributed by atoms with Crippen molar-refractivity contribution in [2.24, 2.45) is 0 Å². The van der Waals surface area contributed by atoms with Crippen LogP contribution in [0, 0.1) is 11.8 Å². The number of carbonyl (C=O) groups excluding carboxylic acids is 1. The van der Waals surface area contributed by atoms with Crippen LogP contribution in [0.4, 0.5) is 0 Å². The van der Waals surface area contributed by atoms with Crippen molar-refractivity contribution in [3.8, 4) is 11.8 Å². The fourth-order valence-corrected chi connectivity index (χ4v) is 2.93. The molecule has 3 heteroatoms. The van der Waals surface area contributed by atoms with Gasteiger partial charge in [0.15, 0.2) is 0 Å². The predicted octanol–water partition coefficient (Wildman–Crippen LogP) is 4.29. The first-order chi connectivity index (χ1) is 13.2. The molecule has 3 aromatic rings. The first kappa shape index (κ1) is 18.4. The number of hydrogen-bond donors (Lipinski definition) is 2. The summed E-state index contributed by atoms with van der Waals surface area (Å²) in [5.41, 5.74) is 6.51. The van der Waals surface area contributed by atoms with E-state index in [4.69, 9.17) is 5.21 Å². The fourth-order valence-electron chi connectivity index (χ4n) is 2.93. The van der Waals surface area contributed by atoms with Gasteiger partial charge in [-0.15, -0.1) is 0 Å². The molecule has 27 heavy (non-hydrogen) atoms. The maximum absolute atomic E-state index is 12.2. The summed E-state index contributed by atoms with van der Waals surface area (Å²) in [7, 11) is 0. The van der Waals surface area contributed by atoms with E-state index in [1.165, 1.54) is 5.56 Å². The van der Waals surface area contributed by atoms with Crippen molar-refractivity contribution in [3.05, 3.63) is 107 Å². The number of amides is 1. The highest BCUT2D eigenvalue weighted by Crippen LogP contribution is 2.25. The molecule has 0 spiro atoms.